The fraction of sp³-hybridized carbons (Fsp3) is 0.158. The Balaban J connectivity index is 2.47. The normalized spacial score (nSPS) is 10.8. The minimum absolute atomic E-state index is 0.0684. The van der Waals surface area contributed by atoms with Crippen LogP contribution in [0, 0.1) is 18.6 Å². The summed E-state index contributed by atoms with van der Waals surface area (Å²) >= 11 is 6.30. The molecular weight excluding hydrogens is 362 g/mol. The van der Waals surface area contributed by atoms with Crippen molar-refractivity contribution in [1.29, 1.82) is 0 Å². The summed E-state index contributed by atoms with van der Waals surface area (Å²) in [5.74, 6) is -1.08. The molecule has 0 radical (unpaired) electrons. The molecule has 3 aromatic rings. The molecule has 7 heteroatoms. The number of hydrogen-bond donors (Lipinski definition) is 0. The van der Waals surface area contributed by atoms with Gasteiger partial charge in [-0.3, -0.25) is 4.79 Å². The molecule has 0 aliphatic heterocycles. The molecule has 3 rings (SSSR count). The van der Waals surface area contributed by atoms with Crippen LogP contribution < -0.4 is 10.3 Å². The summed E-state index contributed by atoms with van der Waals surface area (Å²) in [6, 6.07) is 8.38. The lowest BCUT2D eigenvalue weighted by atomic mass is 9.95. The second-order valence-corrected chi connectivity index (χ2v) is 6.13. The summed E-state index contributed by atoms with van der Waals surface area (Å²) in [4.78, 5) is 12.4. The average Bonchev–Trinajstić information content (AvgIpc) is 2.61. The standard InChI is InChI=1S/C19H15ClF2N2O2/c1-10-16(17-14(21)5-4-6-15(17)22)18(23-24(2)19(10)25)12-9-11(26-3)7-8-13(12)20/h4-9H,1-3H3. The van der Waals surface area contributed by atoms with Crippen molar-refractivity contribution in [3.05, 3.63) is 69.0 Å². The van der Waals surface area contributed by atoms with Crippen LogP contribution in [0.5, 0.6) is 5.75 Å². The molecular formula is C19H15ClF2N2O2. The van der Waals surface area contributed by atoms with E-state index in [9.17, 15) is 13.6 Å². The Morgan fingerprint density at radius 2 is 1.77 bits per heavy atom. The van der Waals surface area contributed by atoms with E-state index in [0.717, 1.165) is 16.8 Å². The minimum atomic E-state index is -0.788. The maximum atomic E-state index is 14.5. The molecule has 0 atom stereocenters. The first-order chi connectivity index (χ1) is 12.3. The Morgan fingerprint density at radius 1 is 1.12 bits per heavy atom. The minimum Gasteiger partial charge on any atom is -0.497 e. The second kappa shape index (κ2) is 6.88. The molecule has 134 valence electrons. The van der Waals surface area contributed by atoms with Crippen molar-refractivity contribution in [1.82, 2.24) is 9.78 Å². The molecule has 1 heterocycles. The van der Waals surface area contributed by atoms with Gasteiger partial charge in [-0.1, -0.05) is 17.7 Å². The highest BCUT2D eigenvalue weighted by atomic mass is 35.5. The Morgan fingerprint density at radius 3 is 2.38 bits per heavy atom. The predicted octanol–water partition coefficient (Wildman–Crippen LogP) is 4.36. The molecule has 1 aromatic heterocycles. The quantitative estimate of drug-likeness (QED) is 0.682. The van der Waals surface area contributed by atoms with Crippen molar-refractivity contribution in [3.8, 4) is 28.1 Å². The first-order valence-corrected chi connectivity index (χ1v) is 8.09. The molecule has 4 nitrogen and oxygen atoms in total. The number of hydrogen-bond acceptors (Lipinski definition) is 3. The molecule has 0 saturated carbocycles. The zero-order chi connectivity index (χ0) is 19.0. The number of methoxy groups -OCH3 is 1. The van der Waals surface area contributed by atoms with Gasteiger partial charge in [0.1, 0.15) is 23.1 Å². The van der Waals surface area contributed by atoms with Crippen molar-refractivity contribution >= 4 is 11.6 Å². The van der Waals surface area contributed by atoms with E-state index in [1.54, 1.807) is 18.2 Å². The lowest BCUT2D eigenvalue weighted by Gasteiger charge is -2.16. The van der Waals surface area contributed by atoms with Crippen molar-refractivity contribution < 1.29 is 13.5 Å². The third-order valence-electron chi connectivity index (χ3n) is 4.12. The van der Waals surface area contributed by atoms with E-state index < -0.39 is 17.2 Å². The Labute approximate surface area is 153 Å². The fourth-order valence-corrected chi connectivity index (χ4v) is 3.02. The second-order valence-electron chi connectivity index (χ2n) is 5.72. The first-order valence-electron chi connectivity index (χ1n) is 7.71. The smallest absolute Gasteiger partial charge is 0.270 e. The first kappa shape index (κ1) is 18.1. The topological polar surface area (TPSA) is 44.1 Å². The summed E-state index contributed by atoms with van der Waals surface area (Å²) in [5, 5.41) is 4.54. The van der Waals surface area contributed by atoms with E-state index in [1.807, 2.05) is 0 Å². The zero-order valence-corrected chi connectivity index (χ0v) is 15.1. The van der Waals surface area contributed by atoms with Crippen LogP contribution in [-0.4, -0.2) is 16.9 Å². The van der Waals surface area contributed by atoms with Gasteiger partial charge in [0, 0.05) is 23.7 Å². The largest absolute Gasteiger partial charge is 0.497 e. The van der Waals surface area contributed by atoms with Crippen LogP contribution in [-0.2, 0) is 7.05 Å². The number of aromatic nitrogens is 2. The van der Waals surface area contributed by atoms with Crippen molar-refractivity contribution in [2.24, 2.45) is 7.05 Å². The summed E-state index contributed by atoms with van der Waals surface area (Å²) in [6.07, 6.45) is 0. The van der Waals surface area contributed by atoms with E-state index in [2.05, 4.69) is 5.10 Å². The summed E-state index contributed by atoms with van der Waals surface area (Å²) < 4.78 is 35.2. The van der Waals surface area contributed by atoms with Crippen molar-refractivity contribution in [2.45, 2.75) is 6.92 Å². The van der Waals surface area contributed by atoms with Gasteiger partial charge in [0.2, 0.25) is 0 Å². The molecule has 0 bridgehead atoms. The van der Waals surface area contributed by atoms with E-state index in [-0.39, 0.29) is 22.4 Å². The van der Waals surface area contributed by atoms with Gasteiger partial charge < -0.3 is 4.74 Å². The van der Waals surface area contributed by atoms with Crippen molar-refractivity contribution in [3.63, 3.8) is 0 Å². The van der Waals surface area contributed by atoms with E-state index in [0.29, 0.717) is 16.3 Å². The Kier molecular flexibility index (Phi) is 4.78. The highest BCUT2D eigenvalue weighted by molar-refractivity contribution is 6.33. The number of rotatable bonds is 3. The summed E-state index contributed by atoms with van der Waals surface area (Å²) in [7, 11) is 2.96. The number of halogens is 3. The molecule has 0 fully saturated rings. The van der Waals surface area contributed by atoms with Gasteiger partial charge in [0.05, 0.1) is 17.7 Å². The molecule has 0 saturated heterocycles. The van der Waals surface area contributed by atoms with Crippen LogP contribution in [0.15, 0.2) is 41.2 Å². The Hall–Kier alpha value is -2.73. The number of nitrogens with zero attached hydrogens (tertiary/aromatic N) is 2. The lowest BCUT2D eigenvalue weighted by molar-refractivity contribution is 0.415. The maximum absolute atomic E-state index is 14.5. The molecule has 0 N–H and O–H groups in total. The SMILES string of the molecule is COc1ccc(Cl)c(-c2nn(C)c(=O)c(C)c2-c2c(F)cccc2F)c1. The van der Waals surface area contributed by atoms with Crippen LogP contribution in [0.1, 0.15) is 5.56 Å². The average molecular weight is 377 g/mol. The maximum Gasteiger partial charge on any atom is 0.270 e. The monoisotopic (exact) mass is 376 g/mol. The van der Waals surface area contributed by atoms with Crippen LogP contribution in [0.4, 0.5) is 8.78 Å². The number of ether oxygens (including phenoxy) is 1. The number of benzene rings is 2. The molecule has 0 unspecified atom stereocenters. The van der Waals surface area contributed by atoms with Gasteiger partial charge in [-0.25, -0.2) is 13.5 Å². The van der Waals surface area contributed by atoms with Gasteiger partial charge >= 0.3 is 0 Å². The van der Waals surface area contributed by atoms with Gasteiger partial charge in [-0.2, -0.15) is 5.10 Å². The molecule has 0 aliphatic rings. The van der Waals surface area contributed by atoms with Crippen LogP contribution in [0.2, 0.25) is 5.02 Å². The van der Waals surface area contributed by atoms with Gasteiger partial charge in [-0.05, 0) is 37.3 Å². The lowest BCUT2D eigenvalue weighted by Crippen LogP contribution is -2.24. The molecule has 0 spiro atoms. The highest BCUT2D eigenvalue weighted by Crippen LogP contribution is 2.39. The highest BCUT2D eigenvalue weighted by Gasteiger charge is 2.23. The zero-order valence-electron chi connectivity index (χ0n) is 14.3. The van der Waals surface area contributed by atoms with Crippen LogP contribution in [0.25, 0.3) is 22.4 Å². The van der Waals surface area contributed by atoms with E-state index in [4.69, 9.17) is 16.3 Å². The van der Waals surface area contributed by atoms with E-state index >= 15 is 0 Å². The predicted molar refractivity (Wildman–Crippen MR) is 96.6 cm³/mol. The van der Waals surface area contributed by atoms with Crippen molar-refractivity contribution in [2.75, 3.05) is 7.11 Å². The third kappa shape index (κ3) is 2.97. The fourth-order valence-electron chi connectivity index (χ4n) is 2.82. The molecule has 26 heavy (non-hydrogen) atoms. The van der Waals surface area contributed by atoms with Gasteiger partial charge in [0.25, 0.3) is 5.56 Å². The molecule has 2 aromatic carbocycles. The summed E-state index contributed by atoms with van der Waals surface area (Å²) in [5.41, 5.74) is 0.0635. The Bertz CT molecular complexity index is 1040. The van der Waals surface area contributed by atoms with Gasteiger partial charge in [-0.15, -0.1) is 0 Å². The molecule has 0 aliphatic carbocycles. The summed E-state index contributed by atoms with van der Waals surface area (Å²) in [6.45, 7) is 1.50. The van der Waals surface area contributed by atoms with Crippen LogP contribution in [0.3, 0.4) is 0 Å². The van der Waals surface area contributed by atoms with Gasteiger partial charge in [0.15, 0.2) is 0 Å². The number of aryl methyl sites for hydroxylation is 1. The van der Waals surface area contributed by atoms with E-state index in [1.165, 1.54) is 27.1 Å². The molecule has 0 amide bonds. The third-order valence-corrected chi connectivity index (χ3v) is 4.45. The van der Waals surface area contributed by atoms with Crippen LogP contribution >= 0.6 is 11.6 Å².